The summed E-state index contributed by atoms with van der Waals surface area (Å²) in [5, 5.41) is 6.43. The number of hydrogen-bond acceptors (Lipinski definition) is 3. The van der Waals surface area contributed by atoms with Gasteiger partial charge in [0.05, 0.1) is 0 Å². The maximum absolute atomic E-state index is 14.5. The Morgan fingerprint density at radius 3 is 2.54 bits per heavy atom. The number of benzene rings is 1. The molecule has 1 aliphatic heterocycles. The number of imidazole rings is 1. The highest BCUT2D eigenvalue weighted by Crippen LogP contribution is 2.35. The molecule has 2 aromatic heterocycles. The SMILES string of the molecule is Cc1cccc(C)c1Nc1c(C2=CCNC=C2F)nc2cccc(C)n12. The molecule has 3 aromatic rings. The summed E-state index contributed by atoms with van der Waals surface area (Å²) in [5.74, 6) is 0.481. The van der Waals surface area contributed by atoms with Gasteiger partial charge in [-0.05, 0) is 44.0 Å². The van der Waals surface area contributed by atoms with Crippen LogP contribution in [0.1, 0.15) is 22.5 Å². The van der Waals surface area contributed by atoms with Gasteiger partial charge in [-0.2, -0.15) is 0 Å². The summed E-state index contributed by atoms with van der Waals surface area (Å²) in [6, 6.07) is 12.1. The van der Waals surface area contributed by atoms with E-state index in [1.807, 2.05) is 41.7 Å². The quantitative estimate of drug-likeness (QED) is 0.714. The normalized spacial score (nSPS) is 14.0. The molecule has 0 spiro atoms. The van der Waals surface area contributed by atoms with Gasteiger partial charge in [0.2, 0.25) is 0 Å². The average Bonchev–Trinajstić information content (AvgIpc) is 2.98. The van der Waals surface area contributed by atoms with Crippen LogP contribution < -0.4 is 10.6 Å². The maximum Gasteiger partial charge on any atom is 0.148 e. The minimum atomic E-state index is -0.304. The van der Waals surface area contributed by atoms with Crippen LogP contribution in [0.5, 0.6) is 0 Å². The van der Waals surface area contributed by atoms with E-state index in [0.717, 1.165) is 34.0 Å². The Bertz CT molecular complexity index is 1040. The molecule has 0 amide bonds. The van der Waals surface area contributed by atoms with Crippen LogP contribution >= 0.6 is 0 Å². The van der Waals surface area contributed by atoms with E-state index in [1.54, 1.807) is 0 Å². The summed E-state index contributed by atoms with van der Waals surface area (Å²) in [7, 11) is 0. The van der Waals surface area contributed by atoms with Gasteiger partial charge in [-0.15, -0.1) is 0 Å². The molecular weight excluding hydrogens is 327 g/mol. The Morgan fingerprint density at radius 1 is 1.08 bits per heavy atom. The Morgan fingerprint density at radius 2 is 1.81 bits per heavy atom. The molecule has 26 heavy (non-hydrogen) atoms. The fourth-order valence-corrected chi connectivity index (χ4v) is 3.38. The Kier molecular flexibility index (Phi) is 3.99. The highest BCUT2D eigenvalue weighted by atomic mass is 19.1. The van der Waals surface area contributed by atoms with Gasteiger partial charge in [-0.3, -0.25) is 4.40 Å². The molecule has 132 valence electrons. The molecule has 0 saturated heterocycles. The topological polar surface area (TPSA) is 41.4 Å². The summed E-state index contributed by atoms with van der Waals surface area (Å²) in [4.78, 5) is 4.73. The van der Waals surface area contributed by atoms with Gasteiger partial charge in [0.15, 0.2) is 0 Å². The Hall–Kier alpha value is -3.08. The molecule has 2 N–H and O–H groups in total. The van der Waals surface area contributed by atoms with E-state index in [0.29, 0.717) is 17.8 Å². The van der Waals surface area contributed by atoms with Crippen molar-refractivity contribution in [1.29, 1.82) is 0 Å². The smallest absolute Gasteiger partial charge is 0.148 e. The van der Waals surface area contributed by atoms with Gasteiger partial charge in [0.25, 0.3) is 0 Å². The second-order valence-electron chi connectivity index (χ2n) is 6.58. The molecule has 1 aromatic carbocycles. The third-order valence-electron chi connectivity index (χ3n) is 4.73. The van der Waals surface area contributed by atoms with E-state index in [9.17, 15) is 4.39 Å². The van der Waals surface area contributed by atoms with Gasteiger partial charge < -0.3 is 10.6 Å². The summed E-state index contributed by atoms with van der Waals surface area (Å²) in [5.41, 5.74) is 6.26. The fourth-order valence-electron chi connectivity index (χ4n) is 3.38. The molecule has 0 unspecified atom stereocenters. The Balaban J connectivity index is 1.96. The molecule has 0 atom stereocenters. The second-order valence-corrected chi connectivity index (χ2v) is 6.58. The number of nitrogens with one attached hydrogen (secondary N) is 2. The number of fused-ring (bicyclic) bond motifs is 1. The molecular formula is C21H21FN4. The van der Waals surface area contributed by atoms with E-state index in [-0.39, 0.29) is 5.83 Å². The molecule has 1 aliphatic rings. The molecule has 4 rings (SSSR count). The first-order valence-electron chi connectivity index (χ1n) is 8.67. The number of nitrogens with zero attached hydrogens (tertiary/aromatic N) is 2. The number of halogens is 1. The lowest BCUT2D eigenvalue weighted by atomic mass is 10.1. The summed E-state index contributed by atoms with van der Waals surface area (Å²) < 4.78 is 16.5. The van der Waals surface area contributed by atoms with Gasteiger partial charge in [0, 0.05) is 29.7 Å². The number of aromatic nitrogens is 2. The zero-order valence-corrected chi connectivity index (χ0v) is 15.1. The van der Waals surface area contributed by atoms with Crippen molar-refractivity contribution >= 4 is 22.7 Å². The van der Waals surface area contributed by atoms with Crippen molar-refractivity contribution in [2.45, 2.75) is 20.8 Å². The molecule has 0 fully saturated rings. The van der Waals surface area contributed by atoms with Crippen molar-refractivity contribution < 1.29 is 4.39 Å². The predicted octanol–water partition coefficient (Wildman–Crippen LogP) is 4.80. The minimum Gasteiger partial charge on any atom is -0.385 e. The first kappa shape index (κ1) is 16.4. The van der Waals surface area contributed by atoms with Gasteiger partial charge in [-0.25, -0.2) is 9.37 Å². The van der Waals surface area contributed by atoms with Crippen LogP contribution in [-0.2, 0) is 0 Å². The zero-order chi connectivity index (χ0) is 18.3. The number of anilines is 2. The standard InChI is InChI=1S/C21H21FN4/c1-13-6-4-7-14(2)19(13)25-21-20(16-10-11-23-12-17(16)22)24-18-9-5-8-15(3)26(18)21/h4-10,12,23,25H,11H2,1-3H3. The molecule has 5 heteroatoms. The lowest BCUT2D eigenvalue weighted by Crippen LogP contribution is -2.12. The van der Waals surface area contributed by atoms with Crippen LogP contribution in [0.3, 0.4) is 0 Å². The minimum absolute atomic E-state index is 0.304. The van der Waals surface area contributed by atoms with Crippen molar-refractivity contribution in [3.63, 3.8) is 0 Å². The molecule has 0 radical (unpaired) electrons. The van der Waals surface area contributed by atoms with Gasteiger partial charge >= 0.3 is 0 Å². The molecule has 4 nitrogen and oxygen atoms in total. The molecule has 0 bridgehead atoms. The van der Waals surface area contributed by atoms with E-state index >= 15 is 0 Å². The third kappa shape index (κ3) is 2.65. The number of dihydropyridines is 1. The molecule has 0 saturated carbocycles. The van der Waals surface area contributed by atoms with Crippen molar-refractivity contribution in [3.8, 4) is 0 Å². The number of rotatable bonds is 3. The second kappa shape index (κ2) is 6.33. The number of hydrogen-bond donors (Lipinski definition) is 2. The van der Waals surface area contributed by atoms with E-state index in [4.69, 9.17) is 4.98 Å². The summed E-state index contributed by atoms with van der Waals surface area (Å²) in [6.45, 7) is 6.74. The van der Waals surface area contributed by atoms with Crippen molar-refractivity contribution in [1.82, 2.24) is 14.7 Å². The number of para-hydroxylation sites is 1. The van der Waals surface area contributed by atoms with Crippen LogP contribution in [0, 0.1) is 20.8 Å². The van der Waals surface area contributed by atoms with Crippen molar-refractivity contribution in [2.75, 3.05) is 11.9 Å². The first-order chi connectivity index (χ1) is 12.6. The van der Waals surface area contributed by atoms with E-state index in [2.05, 4.69) is 36.6 Å². The monoisotopic (exact) mass is 348 g/mol. The van der Waals surface area contributed by atoms with E-state index < -0.39 is 0 Å². The van der Waals surface area contributed by atoms with Crippen LogP contribution in [0.2, 0.25) is 0 Å². The van der Waals surface area contributed by atoms with Crippen LogP contribution in [0.4, 0.5) is 15.9 Å². The van der Waals surface area contributed by atoms with Crippen molar-refractivity contribution in [2.24, 2.45) is 0 Å². The highest BCUT2D eigenvalue weighted by Gasteiger charge is 2.22. The van der Waals surface area contributed by atoms with Crippen LogP contribution in [-0.4, -0.2) is 15.9 Å². The van der Waals surface area contributed by atoms with Crippen LogP contribution in [0.15, 0.2) is 54.5 Å². The number of pyridine rings is 1. The molecule has 3 heterocycles. The van der Waals surface area contributed by atoms with Crippen molar-refractivity contribution in [3.05, 3.63) is 77.0 Å². The first-order valence-corrected chi connectivity index (χ1v) is 8.67. The summed E-state index contributed by atoms with van der Waals surface area (Å²) >= 11 is 0. The number of aryl methyl sites for hydroxylation is 3. The van der Waals surface area contributed by atoms with E-state index in [1.165, 1.54) is 6.20 Å². The number of allylic oxidation sites excluding steroid dienone is 2. The summed E-state index contributed by atoms with van der Waals surface area (Å²) in [6.07, 6.45) is 3.23. The maximum atomic E-state index is 14.5. The lowest BCUT2D eigenvalue weighted by Gasteiger charge is -2.16. The highest BCUT2D eigenvalue weighted by molar-refractivity contribution is 5.86. The van der Waals surface area contributed by atoms with Gasteiger partial charge in [-0.1, -0.05) is 30.3 Å². The fraction of sp³-hybridized carbons (Fsp3) is 0.190. The third-order valence-corrected chi connectivity index (χ3v) is 4.73. The Labute approximate surface area is 152 Å². The van der Waals surface area contributed by atoms with Crippen LogP contribution in [0.25, 0.3) is 11.2 Å². The molecule has 0 aliphatic carbocycles. The van der Waals surface area contributed by atoms with Gasteiger partial charge in [0.1, 0.15) is 23.0 Å². The average molecular weight is 348 g/mol. The lowest BCUT2D eigenvalue weighted by molar-refractivity contribution is 0.654. The zero-order valence-electron chi connectivity index (χ0n) is 15.1. The largest absolute Gasteiger partial charge is 0.385 e. The predicted molar refractivity (Wildman–Crippen MR) is 104 cm³/mol.